The standard InChI is InChI=1S/C41H25N3O.C40H27N3S.C39H25N5/c1-3-12-27(13-4-1)39-42-40(28-14-5-2-6-15-28)44-41(43-39)35-23-22-30(32-17-9-10-18-33(32)35)29-20-24-37-36(25-29)34-21-19-26-11-7-8-16-31(26)38(34)45-37;1-40(2)33-23-28(16-18-29(33)31-20-25-12-6-7-13-26(25)22-34(31)40)39-42-37(24-10-4-3-5-11-24)41-38(43-39)27-17-19-36-32(21-27)30-14-8-9-15-35(30)44-36;1-3-13-27(14-4-1)35-36(41-34-21-10-9-20-33(34)40-35)28-22-24-30(25-23-28)38-42-37(29-15-5-2-6-16-29)43-39(44-38)32-19-11-17-26-12-7-8-18-31(26)32/h1-25H;3-23H,1-2H3;1-25H. The molecule has 0 radical (unpaired) electrons. The highest BCUT2D eigenvalue weighted by Gasteiger charge is 2.37. The van der Waals surface area contributed by atoms with Crippen LogP contribution in [-0.4, -0.2) is 54.8 Å². The third kappa shape index (κ3) is 14.8. The summed E-state index contributed by atoms with van der Waals surface area (Å²) in [4.78, 5) is 55.1. The second-order valence-electron chi connectivity index (χ2n) is 33.9. The van der Waals surface area contributed by atoms with Gasteiger partial charge < -0.3 is 4.42 Å². The van der Waals surface area contributed by atoms with Crippen molar-refractivity contribution < 1.29 is 4.42 Å². The molecule has 133 heavy (non-hydrogen) atoms. The molecule has 0 saturated heterocycles. The van der Waals surface area contributed by atoms with Crippen molar-refractivity contribution in [3.63, 3.8) is 0 Å². The van der Waals surface area contributed by atoms with Gasteiger partial charge in [-0.15, -0.1) is 11.3 Å². The first-order chi connectivity index (χ1) is 65.6. The molecule has 0 amide bonds. The van der Waals surface area contributed by atoms with Gasteiger partial charge in [-0.3, -0.25) is 0 Å². The Bertz CT molecular complexity index is 8800. The Balaban J connectivity index is 0.000000110. The Morgan fingerprint density at radius 3 is 1.14 bits per heavy atom. The van der Waals surface area contributed by atoms with Gasteiger partial charge in [0, 0.05) is 103 Å². The van der Waals surface area contributed by atoms with Crippen molar-refractivity contribution in [2.24, 2.45) is 0 Å². The van der Waals surface area contributed by atoms with Gasteiger partial charge in [0.05, 0.1) is 22.4 Å². The topological polar surface area (TPSA) is 155 Å². The van der Waals surface area contributed by atoms with Crippen LogP contribution in [0.5, 0.6) is 0 Å². The average molecular weight is 1720 g/mol. The number of hydrogen-bond acceptors (Lipinski definition) is 13. The molecule has 0 unspecified atom stereocenters. The van der Waals surface area contributed by atoms with Crippen LogP contribution in [0.4, 0.5) is 0 Å². The Morgan fingerprint density at radius 2 is 0.564 bits per heavy atom. The van der Waals surface area contributed by atoms with Crippen LogP contribution < -0.4 is 0 Å². The maximum absolute atomic E-state index is 6.39. The zero-order chi connectivity index (χ0) is 88.5. The number of aromatic nitrogens is 11. The highest BCUT2D eigenvalue weighted by molar-refractivity contribution is 7.25. The molecule has 0 fully saturated rings. The van der Waals surface area contributed by atoms with Crippen molar-refractivity contribution in [3.8, 4) is 147 Å². The first kappa shape index (κ1) is 79.0. The largest absolute Gasteiger partial charge is 0.455 e. The van der Waals surface area contributed by atoms with E-state index in [1.165, 1.54) is 58.6 Å². The smallest absolute Gasteiger partial charge is 0.164 e. The number of nitrogens with zero attached hydrogens (tertiary/aromatic N) is 11. The molecular weight excluding hydrogens is 1640 g/mol. The molecule has 1 aliphatic carbocycles. The molecule has 25 aromatic rings. The summed E-state index contributed by atoms with van der Waals surface area (Å²) in [6, 6.07) is 149. The van der Waals surface area contributed by atoms with Crippen LogP contribution >= 0.6 is 11.3 Å². The SMILES string of the molecule is CC1(C)c2cc(-c3nc(-c4ccccc4)nc(-c4ccc5sc6ccccc6c5c4)n3)ccc2-c2cc3ccccc3cc21.c1ccc(-c2nc(-c3ccc(-c4nc5ccccc5nc4-c4ccccc4)cc3)nc(-c3cccc4ccccc34)n2)cc1.c1ccc(-c2nc(-c3ccccc3)nc(-c3ccc(-c4ccc5oc6c7ccccc7ccc6c5c4)c4ccccc34)n2)cc1. The molecule has 0 aliphatic heterocycles. The monoisotopic (exact) mass is 1720 g/mol. The molecule has 0 spiro atoms. The Morgan fingerprint density at radius 1 is 0.195 bits per heavy atom. The molecule has 1 aliphatic rings. The van der Waals surface area contributed by atoms with Crippen molar-refractivity contribution in [1.29, 1.82) is 0 Å². The highest BCUT2D eigenvalue weighted by Crippen LogP contribution is 2.52. The summed E-state index contributed by atoms with van der Waals surface area (Å²) in [5.74, 6) is 5.87. The van der Waals surface area contributed by atoms with Gasteiger partial charge in [0.15, 0.2) is 52.4 Å². The summed E-state index contributed by atoms with van der Waals surface area (Å²) in [6.07, 6.45) is 0. The molecular formula is C120H77N11OS. The maximum atomic E-state index is 6.39. The van der Waals surface area contributed by atoms with Gasteiger partial charge in [-0.25, -0.2) is 54.8 Å². The molecule has 6 aromatic heterocycles. The fraction of sp³-hybridized carbons (Fsp3) is 0.0250. The van der Waals surface area contributed by atoms with Gasteiger partial charge in [-0.2, -0.15) is 0 Å². The van der Waals surface area contributed by atoms with Crippen LogP contribution in [0.15, 0.2) is 435 Å². The summed E-state index contributed by atoms with van der Waals surface area (Å²) in [5.41, 5.74) is 23.2. The minimum absolute atomic E-state index is 0.145. The maximum Gasteiger partial charge on any atom is 0.164 e. The molecule has 12 nitrogen and oxygen atoms in total. The van der Waals surface area contributed by atoms with E-state index in [0.29, 0.717) is 52.4 Å². The molecule has 13 heteroatoms. The fourth-order valence-corrected chi connectivity index (χ4v) is 19.7. The number of rotatable bonds is 12. The zero-order valence-electron chi connectivity index (χ0n) is 72.2. The van der Waals surface area contributed by atoms with E-state index in [0.717, 1.165) is 144 Å². The normalized spacial score (nSPS) is 12.0. The lowest BCUT2D eigenvalue weighted by Gasteiger charge is -2.22. The molecule has 624 valence electrons. The van der Waals surface area contributed by atoms with Gasteiger partial charge >= 0.3 is 0 Å². The summed E-state index contributed by atoms with van der Waals surface area (Å²) >= 11 is 1.82. The van der Waals surface area contributed by atoms with E-state index < -0.39 is 0 Å². The zero-order valence-corrected chi connectivity index (χ0v) is 73.0. The Kier molecular flexibility index (Phi) is 19.8. The van der Waals surface area contributed by atoms with Gasteiger partial charge in [0.2, 0.25) is 0 Å². The first-order valence-corrected chi connectivity index (χ1v) is 45.3. The second-order valence-corrected chi connectivity index (χ2v) is 35.0. The Labute approximate surface area is 769 Å². The molecule has 0 saturated carbocycles. The van der Waals surface area contributed by atoms with Crippen LogP contribution in [0.3, 0.4) is 0 Å². The molecule has 26 rings (SSSR count). The van der Waals surface area contributed by atoms with Crippen molar-refractivity contribution in [1.82, 2.24) is 54.8 Å². The van der Waals surface area contributed by atoms with E-state index in [2.05, 4.69) is 275 Å². The van der Waals surface area contributed by atoms with Crippen molar-refractivity contribution >= 4 is 108 Å². The van der Waals surface area contributed by atoms with Crippen LogP contribution in [0, 0.1) is 0 Å². The molecule has 6 heterocycles. The number of para-hydroxylation sites is 2. The summed E-state index contributed by atoms with van der Waals surface area (Å²) in [6.45, 7) is 4.65. The van der Waals surface area contributed by atoms with Crippen LogP contribution in [0.25, 0.3) is 243 Å². The lowest BCUT2D eigenvalue weighted by atomic mass is 9.81. The first-order valence-electron chi connectivity index (χ1n) is 44.5. The van der Waals surface area contributed by atoms with Gasteiger partial charge in [0.25, 0.3) is 0 Å². The van der Waals surface area contributed by atoms with Gasteiger partial charge in [-0.05, 0) is 150 Å². The quantitative estimate of drug-likeness (QED) is 0.114. The van der Waals surface area contributed by atoms with E-state index in [1.54, 1.807) is 0 Å². The second kappa shape index (κ2) is 33.4. The number of fused-ring (bicyclic) bond motifs is 15. The van der Waals surface area contributed by atoms with E-state index in [9.17, 15) is 0 Å². The number of hydrogen-bond donors (Lipinski definition) is 0. The van der Waals surface area contributed by atoms with Crippen molar-refractivity contribution in [3.05, 3.63) is 442 Å². The van der Waals surface area contributed by atoms with Gasteiger partial charge in [0.1, 0.15) is 11.2 Å². The van der Waals surface area contributed by atoms with Gasteiger partial charge in [-0.1, -0.05) is 366 Å². The minimum Gasteiger partial charge on any atom is -0.455 e. The Hall–Kier alpha value is -17.4. The molecule has 0 atom stereocenters. The van der Waals surface area contributed by atoms with Crippen LogP contribution in [0.2, 0.25) is 0 Å². The van der Waals surface area contributed by atoms with Crippen molar-refractivity contribution in [2.75, 3.05) is 0 Å². The summed E-state index contributed by atoms with van der Waals surface area (Å²) in [7, 11) is 0. The summed E-state index contributed by atoms with van der Waals surface area (Å²) < 4.78 is 8.95. The lowest BCUT2D eigenvalue weighted by molar-refractivity contribution is 0.661. The third-order valence-corrected chi connectivity index (χ3v) is 26.5. The predicted molar refractivity (Wildman–Crippen MR) is 546 cm³/mol. The molecule has 19 aromatic carbocycles. The van der Waals surface area contributed by atoms with E-state index >= 15 is 0 Å². The molecule has 0 N–H and O–H groups in total. The van der Waals surface area contributed by atoms with Crippen molar-refractivity contribution in [2.45, 2.75) is 19.3 Å². The van der Waals surface area contributed by atoms with E-state index in [1.807, 2.05) is 181 Å². The van der Waals surface area contributed by atoms with E-state index in [4.69, 9.17) is 59.2 Å². The predicted octanol–water partition coefficient (Wildman–Crippen LogP) is 30.7. The average Bonchev–Trinajstić information content (AvgIpc) is 1.57. The lowest BCUT2D eigenvalue weighted by Crippen LogP contribution is -2.15. The number of thiophene rings is 1. The summed E-state index contributed by atoms with van der Waals surface area (Å²) in [5, 5.41) is 14.0. The number of benzene rings is 19. The van der Waals surface area contributed by atoms with Crippen LogP contribution in [-0.2, 0) is 5.41 Å². The molecule has 0 bridgehead atoms. The van der Waals surface area contributed by atoms with Crippen LogP contribution in [0.1, 0.15) is 25.0 Å². The minimum atomic E-state index is -0.145. The third-order valence-electron chi connectivity index (χ3n) is 25.4. The highest BCUT2D eigenvalue weighted by atomic mass is 32.1. The van der Waals surface area contributed by atoms with E-state index in [-0.39, 0.29) is 5.41 Å². The number of furan rings is 1. The fourth-order valence-electron chi connectivity index (χ4n) is 18.7.